The minimum Gasteiger partial charge on any atom is -0.456 e. The Morgan fingerprint density at radius 2 is 2.25 bits per heavy atom. The first-order valence-electron chi connectivity index (χ1n) is 6.43. The molecule has 6 heteroatoms. The van der Waals surface area contributed by atoms with Crippen molar-refractivity contribution in [3.8, 4) is 0 Å². The molecule has 0 amide bonds. The highest BCUT2D eigenvalue weighted by molar-refractivity contribution is 7.12. The van der Waals surface area contributed by atoms with Crippen LogP contribution in [0, 0.1) is 13.8 Å². The first kappa shape index (κ1) is 11.7. The lowest BCUT2D eigenvalue weighted by molar-refractivity contribution is -0.136. The number of nitrogens with one attached hydrogen (secondary N) is 2. The summed E-state index contributed by atoms with van der Waals surface area (Å²) in [5.41, 5.74) is 3.59. The topological polar surface area (TPSA) is 67.0 Å². The molecule has 4 rings (SSSR count). The molecule has 20 heavy (non-hydrogen) atoms. The molecule has 102 valence electrons. The second-order valence-electron chi connectivity index (χ2n) is 5.09. The van der Waals surface area contributed by atoms with Crippen LogP contribution < -0.4 is 5.32 Å². The van der Waals surface area contributed by atoms with Crippen LogP contribution in [0.3, 0.4) is 0 Å². The van der Waals surface area contributed by atoms with Gasteiger partial charge in [-0.1, -0.05) is 0 Å². The van der Waals surface area contributed by atoms with Gasteiger partial charge in [-0.3, -0.25) is 5.10 Å². The standard InChI is InChI=1S/C14H13N3O2S/c1-6-3-4-9(20-6)12-10-7(2)16-17-13(10)15-8-5-19-14(18)11(8)12/h3-4,12H,5H2,1-2H3,(H2,15,16,17)/t12-/m0/s1. The van der Waals surface area contributed by atoms with Crippen LogP contribution in [0.1, 0.15) is 26.9 Å². The van der Waals surface area contributed by atoms with E-state index in [0.717, 1.165) is 33.2 Å². The summed E-state index contributed by atoms with van der Waals surface area (Å²) < 4.78 is 5.19. The smallest absolute Gasteiger partial charge is 0.337 e. The predicted molar refractivity (Wildman–Crippen MR) is 75.8 cm³/mol. The van der Waals surface area contributed by atoms with Crippen LogP contribution in [0.15, 0.2) is 23.4 Å². The Kier molecular flexibility index (Phi) is 2.32. The molecule has 2 N–H and O–H groups in total. The van der Waals surface area contributed by atoms with Crippen LogP contribution in [-0.2, 0) is 9.53 Å². The van der Waals surface area contributed by atoms with E-state index in [1.807, 2.05) is 6.92 Å². The van der Waals surface area contributed by atoms with E-state index in [4.69, 9.17) is 4.74 Å². The van der Waals surface area contributed by atoms with Crippen LogP contribution in [0.2, 0.25) is 0 Å². The molecule has 2 aliphatic rings. The number of nitrogens with zero attached hydrogens (tertiary/aromatic N) is 1. The van der Waals surface area contributed by atoms with Crippen molar-refractivity contribution >= 4 is 23.1 Å². The number of hydrogen-bond donors (Lipinski definition) is 2. The number of esters is 1. The molecule has 0 aromatic carbocycles. The van der Waals surface area contributed by atoms with E-state index in [2.05, 4.69) is 34.6 Å². The van der Waals surface area contributed by atoms with Crippen molar-refractivity contribution in [3.63, 3.8) is 0 Å². The lowest BCUT2D eigenvalue weighted by atomic mass is 9.86. The molecule has 4 heterocycles. The van der Waals surface area contributed by atoms with E-state index < -0.39 is 0 Å². The number of aromatic amines is 1. The summed E-state index contributed by atoms with van der Waals surface area (Å²) in [6.45, 7) is 4.35. The first-order valence-corrected chi connectivity index (χ1v) is 7.25. The highest BCUT2D eigenvalue weighted by atomic mass is 32.1. The molecular weight excluding hydrogens is 274 g/mol. The molecular formula is C14H13N3O2S. The van der Waals surface area contributed by atoms with E-state index in [-0.39, 0.29) is 11.9 Å². The second-order valence-corrected chi connectivity index (χ2v) is 6.41. The maximum atomic E-state index is 12.1. The lowest BCUT2D eigenvalue weighted by Crippen LogP contribution is -2.19. The maximum absolute atomic E-state index is 12.1. The summed E-state index contributed by atoms with van der Waals surface area (Å²) >= 11 is 1.71. The highest BCUT2D eigenvalue weighted by Crippen LogP contribution is 2.46. The number of rotatable bonds is 1. The minimum atomic E-state index is -0.227. The van der Waals surface area contributed by atoms with Crippen molar-refractivity contribution in [2.45, 2.75) is 19.8 Å². The van der Waals surface area contributed by atoms with E-state index in [1.54, 1.807) is 11.3 Å². The number of fused-ring (bicyclic) bond motifs is 1. The lowest BCUT2D eigenvalue weighted by Gasteiger charge is -2.22. The first-order chi connectivity index (χ1) is 9.65. The number of aryl methyl sites for hydroxylation is 2. The van der Waals surface area contributed by atoms with Crippen LogP contribution in [-0.4, -0.2) is 22.8 Å². The number of carbonyl (C=O) groups excluding carboxylic acids is 1. The van der Waals surface area contributed by atoms with Gasteiger partial charge in [0.15, 0.2) is 5.82 Å². The van der Waals surface area contributed by atoms with Gasteiger partial charge in [-0.15, -0.1) is 11.3 Å². The zero-order valence-electron chi connectivity index (χ0n) is 11.1. The van der Waals surface area contributed by atoms with Gasteiger partial charge in [0.1, 0.15) is 6.61 Å². The Hall–Kier alpha value is -2.08. The molecule has 2 aromatic rings. The quantitative estimate of drug-likeness (QED) is 0.791. The minimum absolute atomic E-state index is 0.0753. The molecule has 0 spiro atoms. The Morgan fingerprint density at radius 3 is 3.00 bits per heavy atom. The number of aromatic nitrogens is 2. The van der Waals surface area contributed by atoms with Gasteiger partial charge in [-0.2, -0.15) is 5.10 Å². The molecule has 2 aliphatic heterocycles. The molecule has 0 unspecified atom stereocenters. The monoisotopic (exact) mass is 287 g/mol. The fourth-order valence-corrected chi connectivity index (χ4v) is 3.88. The fraction of sp³-hybridized carbons (Fsp3) is 0.286. The van der Waals surface area contributed by atoms with Gasteiger partial charge in [-0.05, 0) is 26.0 Å². The third-order valence-corrected chi connectivity index (χ3v) is 4.85. The number of anilines is 1. The van der Waals surface area contributed by atoms with Crippen LogP contribution in [0.5, 0.6) is 0 Å². The Labute approximate surface area is 119 Å². The average molecular weight is 287 g/mol. The van der Waals surface area contributed by atoms with Gasteiger partial charge in [0.05, 0.1) is 17.2 Å². The van der Waals surface area contributed by atoms with Crippen LogP contribution >= 0.6 is 11.3 Å². The summed E-state index contributed by atoms with van der Waals surface area (Å²) in [4.78, 5) is 14.5. The summed E-state index contributed by atoms with van der Waals surface area (Å²) in [5.74, 6) is 0.499. The molecule has 0 saturated heterocycles. The molecule has 0 radical (unpaired) electrons. The second kappa shape index (κ2) is 3.96. The number of carbonyl (C=O) groups is 1. The zero-order valence-corrected chi connectivity index (χ0v) is 11.9. The number of thiophene rings is 1. The van der Waals surface area contributed by atoms with Crippen LogP contribution in [0.25, 0.3) is 0 Å². The van der Waals surface area contributed by atoms with E-state index >= 15 is 0 Å². The SMILES string of the molecule is Cc1ccc([C@@H]2C3=C(COC3=O)Nc3n[nH]c(C)c32)s1. The molecule has 5 nitrogen and oxygen atoms in total. The van der Waals surface area contributed by atoms with Gasteiger partial charge in [0.2, 0.25) is 0 Å². The third kappa shape index (κ3) is 1.48. The van der Waals surface area contributed by atoms with Crippen molar-refractivity contribution < 1.29 is 9.53 Å². The highest BCUT2D eigenvalue weighted by Gasteiger charge is 2.41. The van der Waals surface area contributed by atoms with Crippen molar-refractivity contribution in [1.29, 1.82) is 0 Å². The molecule has 0 bridgehead atoms. The molecule has 0 fully saturated rings. The van der Waals surface area contributed by atoms with Crippen molar-refractivity contribution in [3.05, 3.63) is 44.4 Å². The average Bonchev–Trinajstić information content (AvgIpc) is 3.10. The van der Waals surface area contributed by atoms with Gasteiger partial charge >= 0.3 is 5.97 Å². The number of ether oxygens (including phenoxy) is 1. The molecule has 2 aromatic heterocycles. The van der Waals surface area contributed by atoms with Gasteiger partial charge < -0.3 is 10.1 Å². The van der Waals surface area contributed by atoms with E-state index in [0.29, 0.717) is 6.61 Å². The third-order valence-electron chi connectivity index (χ3n) is 3.78. The summed E-state index contributed by atoms with van der Waals surface area (Å²) in [6, 6.07) is 4.17. The largest absolute Gasteiger partial charge is 0.456 e. The van der Waals surface area contributed by atoms with Crippen molar-refractivity contribution in [2.75, 3.05) is 11.9 Å². The Morgan fingerprint density at radius 1 is 1.40 bits per heavy atom. The van der Waals surface area contributed by atoms with Crippen molar-refractivity contribution in [1.82, 2.24) is 10.2 Å². The maximum Gasteiger partial charge on any atom is 0.337 e. The number of cyclic esters (lactones) is 1. The molecule has 0 saturated carbocycles. The van der Waals surface area contributed by atoms with E-state index in [9.17, 15) is 4.79 Å². The predicted octanol–water partition coefficient (Wildman–Crippen LogP) is 2.46. The van der Waals surface area contributed by atoms with Crippen LogP contribution in [0.4, 0.5) is 5.82 Å². The molecule has 1 atom stereocenters. The Bertz CT molecular complexity index is 756. The number of hydrogen-bond acceptors (Lipinski definition) is 5. The normalized spacial score (nSPS) is 20.5. The van der Waals surface area contributed by atoms with Crippen molar-refractivity contribution in [2.24, 2.45) is 0 Å². The molecule has 0 aliphatic carbocycles. The zero-order chi connectivity index (χ0) is 13.9. The summed E-state index contributed by atoms with van der Waals surface area (Å²) in [7, 11) is 0. The van der Waals surface area contributed by atoms with Gasteiger partial charge in [-0.25, -0.2) is 4.79 Å². The summed E-state index contributed by atoms with van der Waals surface area (Å²) in [5, 5.41) is 10.5. The van der Waals surface area contributed by atoms with E-state index in [1.165, 1.54) is 4.88 Å². The summed E-state index contributed by atoms with van der Waals surface area (Å²) in [6.07, 6.45) is 0. The van der Waals surface area contributed by atoms with Gasteiger partial charge in [0.25, 0.3) is 0 Å². The van der Waals surface area contributed by atoms with Gasteiger partial charge in [0, 0.05) is 21.0 Å². The number of H-pyrrole nitrogens is 1. The fourth-order valence-electron chi connectivity index (χ4n) is 2.88. The Balaban J connectivity index is 1.96.